The van der Waals surface area contributed by atoms with E-state index in [2.05, 4.69) is 53.7 Å². The van der Waals surface area contributed by atoms with Crippen molar-refractivity contribution in [2.45, 2.75) is 26.5 Å². The van der Waals surface area contributed by atoms with Gasteiger partial charge < -0.3 is 20.1 Å². The van der Waals surface area contributed by atoms with Crippen LogP contribution in [0.2, 0.25) is 0 Å². The molecule has 5 nitrogen and oxygen atoms in total. The number of hydrogen-bond donors (Lipinski definition) is 2. The zero-order chi connectivity index (χ0) is 18.8. The predicted molar refractivity (Wildman–Crippen MR) is 107 cm³/mol. The summed E-state index contributed by atoms with van der Waals surface area (Å²) in [5.41, 5.74) is 3.37. The van der Waals surface area contributed by atoms with Gasteiger partial charge in [-0.25, -0.2) is 4.99 Å². The Morgan fingerprint density at radius 2 is 1.85 bits per heavy atom. The van der Waals surface area contributed by atoms with Crippen molar-refractivity contribution in [3.05, 3.63) is 65.2 Å². The minimum Gasteiger partial charge on any atom is -0.496 e. The third-order valence-corrected chi connectivity index (χ3v) is 4.11. The normalized spacial score (nSPS) is 12.5. The molecule has 0 bridgehead atoms. The summed E-state index contributed by atoms with van der Waals surface area (Å²) in [5, 5.41) is 6.64. The summed E-state index contributed by atoms with van der Waals surface area (Å²) in [6, 6.07) is 16.3. The van der Waals surface area contributed by atoms with Crippen LogP contribution in [0.15, 0.2) is 53.5 Å². The van der Waals surface area contributed by atoms with Crippen LogP contribution in [-0.4, -0.2) is 33.3 Å². The second kappa shape index (κ2) is 10.5. The zero-order valence-corrected chi connectivity index (χ0v) is 16.1. The molecule has 0 aliphatic heterocycles. The monoisotopic (exact) mass is 355 g/mol. The summed E-state index contributed by atoms with van der Waals surface area (Å²) in [6.45, 7) is 6.07. The molecule has 2 aromatic rings. The maximum atomic E-state index is 5.61. The maximum Gasteiger partial charge on any atom is 0.191 e. The highest BCUT2D eigenvalue weighted by molar-refractivity contribution is 5.79. The summed E-state index contributed by atoms with van der Waals surface area (Å²) in [6.07, 6.45) is -0.0334. The molecule has 2 aromatic carbocycles. The fourth-order valence-corrected chi connectivity index (χ4v) is 2.68. The van der Waals surface area contributed by atoms with Crippen molar-refractivity contribution in [3.8, 4) is 5.75 Å². The second-order valence-electron chi connectivity index (χ2n) is 6.03. The maximum absolute atomic E-state index is 5.61. The molecular weight excluding hydrogens is 326 g/mol. The van der Waals surface area contributed by atoms with Gasteiger partial charge in [0.05, 0.1) is 19.8 Å². The van der Waals surface area contributed by atoms with E-state index in [1.165, 1.54) is 5.56 Å². The number of benzene rings is 2. The number of rotatable bonds is 8. The lowest BCUT2D eigenvalue weighted by Crippen LogP contribution is -2.39. The number of aliphatic imine (C=N–C) groups is 1. The van der Waals surface area contributed by atoms with E-state index in [4.69, 9.17) is 9.47 Å². The van der Waals surface area contributed by atoms with E-state index in [1.807, 2.05) is 24.3 Å². The van der Waals surface area contributed by atoms with Crippen LogP contribution in [0.4, 0.5) is 0 Å². The molecule has 26 heavy (non-hydrogen) atoms. The minimum atomic E-state index is -0.0334. The van der Waals surface area contributed by atoms with E-state index in [0.29, 0.717) is 13.1 Å². The average Bonchev–Trinajstić information content (AvgIpc) is 2.67. The molecule has 0 fully saturated rings. The molecule has 0 saturated heterocycles. The van der Waals surface area contributed by atoms with E-state index in [9.17, 15) is 0 Å². The molecule has 140 valence electrons. The lowest BCUT2D eigenvalue weighted by Gasteiger charge is -2.19. The lowest BCUT2D eigenvalue weighted by atomic mass is 10.1. The second-order valence-corrected chi connectivity index (χ2v) is 6.03. The molecule has 0 saturated carbocycles. The molecule has 0 spiro atoms. The van der Waals surface area contributed by atoms with Gasteiger partial charge in [-0.3, -0.25) is 0 Å². The van der Waals surface area contributed by atoms with Gasteiger partial charge in [-0.2, -0.15) is 0 Å². The van der Waals surface area contributed by atoms with Crippen molar-refractivity contribution >= 4 is 5.96 Å². The summed E-state index contributed by atoms with van der Waals surface area (Å²) in [4.78, 5) is 4.68. The van der Waals surface area contributed by atoms with Crippen LogP contribution in [-0.2, 0) is 11.3 Å². The highest BCUT2D eigenvalue weighted by Gasteiger charge is 2.11. The predicted octanol–water partition coefficient (Wildman–Crippen LogP) is 3.45. The van der Waals surface area contributed by atoms with Gasteiger partial charge in [0.1, 0.15) is 5.75 Å². The fourth-order valence-electron chi connectivity index (χ4n) is 2.68. The van der Waals surface area contributed by atoms with Crippen LogP contribution >= 0.6 is 0 Å². The molecular formula is C21H29N3O2. The number of aryl methyl sites for hydroxylation is 1. The first kappa shape index (κ1) is 19.8. The van der Waals surface area contributed by atoms with E-state index in [-0.39, 0.29) is 6.10 Å². The quantitative estimate of drug-likeness (QED) is 0.563. The van der Waals surface area contributed by atoms with E-state index < -0.39 is 0 Å². The Morgan fingerprint density at radius 1 is 1.08 bits per heavy atom. The largest absolute Gasteiger partial charge is 0.496 e. The lowest BCUT2D eigenvalue weighted by molar-refractivity contribution is 0.106. The van der Waals surface area contributed by atoms with Gasteiger partial charge in [0.25, 0.3) is 0 Å². The Balaban J connectivity index is 2.04. The van der Waals surface area contributed by atoms with Crippen molar-refractivity contribution in [2.75, 3.05) is 27.3 Å². The van der Waals surface area contributed by atoms with Gasteiger partial charge >= 0.3 is 0 Å². The van der Waals surface area contributed by atoms with Crippen LogP contribution in [0.1, 0.15) is 29.7 Å². The van der Waals surface area contributed by atoms with E-state index >= 15 is 0 Å². The molecule has 0 amide bonds. The molecule has 0 radical (unpaired) electrons. The van der Waals surface area contributed by atoms with Crippen molar-refractivity contribution in [1.29, 1.82) is 0 Å². The number of nitrogens with one attached hydrogen (secondary N) is 2. The van der Waals surface area contributed by atoms with E-state index in [1.54, 1.807) is 14.2 Å². The first-order chi connectivity index (χ1) is 12.7. The smallest absolute Gasteiger partial charge is 0.191 e. The van der Waals surface area contributed by atoms with Gasteiger partial charge in [-0.1, -0.05) is 42.5 Å². The highest BCUT2D eigenvalue weighted by atomic mass is 16.5. The van der Waals surface area contributed by atoms with Crippen LogP contribution in [0.5, 0.6) is 5.75 Å². The Hall–Kier alpha value is -2.53. The van der Waals surface area contributed by atoms with Crippen molar-refractivity contribution in [3.63, 3.8) is 0 Å². The Kier molecular flexibility index (Phi) is 7.96. The third-order valence-electron chi connectivity index (χ3n) is 4.11. The number of ether oxygens (including phenoxy) is 2. The first-order valence-electron chi connectivity index (χ1n) is 8.91. The van der Waals surface area contributed by atoms with Gasteiger partial charge in [-0.15, -0.1) is 0 Å². The average molecular weight is 355 g/mol. The Bertz CT molecular complexity index is 702. The van der Waals surface area contributed by atoms with Crippen molar-refractivity contribution in [1.82, 2.24) is 10.6 Å². The molecule has 0 aliphatic rings. The Morgan fingerprint density at radius 3 is 2.50 bits per heavy atom. The number of hydrogen-bond acceptors (Lipinski definition) is 3. The van der Waals surface area contributed by atoms with Crippen LogP contribution in [0, 0.1) is 6.92 Å². The van der Waals surface area contributed by atoms with Gasteiger partial charge in [0.15, 0.2) is 5.96 Å². The SMILES string of the molecule is CCNC(=NCc1ccc(C)cc1OC)NCC(OC)c1ccccc1. The fraction of sp³-hybridized carbons (Fsp3) is 0.381. The van der Waals surface area contributed by atoms with Crippen molar-refractivity contribution < 1.29 is 9.47 Å². The highest BCUT2D eigenvalue weighted by Crippen LogP contribution is 2.20. The topological polar surface area (TPSA) is 54.9 Å². The third kappa shape index (κ3) is 5.77. The summed E-state index contributed by atoms with van der Waals surface area (Å²) < 4.78 is 11.1. The van der Waals surface area contributed by atoms with Crippen LogP contribution < -0.4 is 15.4 Å². The Labute approximate surface area is 156 Å². The van der Waals surface area contributed by atoms with Gasteiger partial charge in [0.2, 0.25) is 0 Å². The number of nitrogens with zero attached hydrogens (tertiary/aromatic N) is 1. The van der Waals surface area contributed by atoms with Gasteiger partial charge in [0, 0.05) is 25.8 Å². The van der Waals surface area contributed by atoms with Gasteiger partial charge in [-0.05, 0) is 31.0 Å². The molecule has 0 aliphatic carbocycles. The number of guanidine groups is 1. The zero-order valence-electron chi connectivity index (χ0n) is 16.1. The molecule has 1 atom stereocenters. The summed E-state index contributed by atoms with van der Waals surface area (Å²) >= 11 is 0. The van der Waals surface area contributed by atoms with Crippen molar-refractivity contribution in [2.24, 2.45) is 4.99 Å². The summed E-state index contributed by atoms with van der Waals surface area (Å²) in [5.74, 6) is 1.62. The molecule has 1 unspecified atom stereocenters. The standard InChI is InChI=1S/C21H29N3O2/c1-5-22-21(23-14-18-12-11-16(2)13-19(18)25-3)24-15-20(26-4)17-9-7-6-8-10-17/h6-13,20H,5,14-15H2,1-4H3,(H2,22,23,24). The van der Waals surface area contributed by atoms with Crippen LogP contribution in [0.3, 0.4) is 0 Å². The minimum absolute atomic E-state index is 0.0334. The molecule has 0 heterocycles. The number of methoxy groups -OCH3 is 2. The molecule has 0 aromatic heterocycles. The molecule has 2 N–H and O–H groups in total. The molecule has 5 heteroatoms. The molecule has 2 rings (SSSR count). The summed E-state index contributed by atoms with van der Waals surface area (Å²) in [7, 11) is 3.41. The van der Waals surface area contributed by atoms with E-state index in [0.717, 1.165) is 29.4 Å². The first-order valence-corrected chi connectivity index (χ1v) is 8.91. The van der Waals surface area contributed by atoms with Crippen LogP contribution in [0.25, 0.3) is 0 Å².